The third kappa shape index (κ3) is 5.64. The Bertz CT molecular complexity index is 322. The van der Waals surface area contributed by atoms with Crippen molar-refractivity contribution in [2.75, 3.05) is 13.7 Å². The van der Waals surface area contributed by atoms with Crippen molar-refractivity contribution in [3.8, 4) is 5.75 Å². The number of esters is 1. The summed E-state index contributed by atoms with van der Waals surface area (Å²) >= 11 is 0. The van der Waals surface area contributed by atoms with Gasteiger partial charge >= 0.3 is 5.97 Å². The van der Waals surface area contributed by atoms with E-state index in [9.17, 15) is 9.18 Å². The van der Waals surface area contributed by atoms with Gasteiger partial charge in [-0.1, -0.05) is 6.07 Å². The van der Waals surface area contributed by atoms with Crippen LogP contribution in [0.1, 0.15) is 5.56 Å². The molecule has 1 rings (SSSR count). The largest absolute Gasteiger partial charge is 0.505 e. The SMILES string of the molecule is COC(=O)CN.Cc1ccc(O)c(F)c1. The van der Waals surface area contributed by atoms with Gasteiger partial charge in [0.25, 0.3) is 0 Å². The highest BCUT2D eigenvalue weighted by molar-refractivity contribution is 5.70. The number of ether oxygens (including phenoxy) is 1. The van der Waals surface area contributed by atoms with Crippen LogP contribution < -0.4 is 5.73 Å². The van der Waals surface area contributed by atoms with Crippen LogP contribution in [0.2, 0.25) is 0 Å². The fourth-order valence-corrected chi connectivity index (χ4v) is 0.695. The van der Waals surface area contributed by atoms with E-state index in [-0.39, 0.29) is 18.3 Å². The monoisotopic (exact) mass is 215 g/mol. The first kappa shape index (κ1) is 13.4. The molecule has 3 N–H and O–H groups in total. The van der Waals surface area contributed by atoms with Gasteiger partial charge in [-0.25, -0.2) is 4.39 Å². The molecule has 0 saturated heterocycles. The fourth-order valence-electron chi connectivity index (χ4n) is 0.695. The predicted molar refractivity (Wildman–Crippen MR) is 53.9 cm³/mol. The Labute approximate surface area is 87.5 Å². The van der Waals surface area contributed by atoms with E-state index in [1.807, 2.05) is 0 Å². The van der Waals surface area contributed by atoms with E-state index >= 15 is 0 Å². The molecule has 1 aromatic carbocycles. The molecule has 4 nitrogen and oxygen atoms in total. The smallest absolute Gasteiger partial charge is 0.319 e. The number of methoxy groups -OCH3 is 1. The van der Waals surface area contributed by atoms with Crippen molar-refractivity contribution < 1.29 is 19.0 Å². The van der Waals surface area contributed by atoms with Gasteiger partial charge in [-0.3, -0.25) is 4.79 Å². The Kier molecular flexibility index (Phi) is 6.05. The van der Waals surface area contributed by atoms with Gasteiger partial charge in [0.05, 0.1) is 13.7 Å². The Morgan fingerprint density at radius 2 is 2.20 bits per heavy atom. The van der Waals surface area contributed by atoms with Crippen LogP contribution in [0.5, 0.6) is 5.75 Å². The summed E-state index contributed by atoms with van der Waals surface area (Å²) in [6.45, 7) is 1.74. The number of benzene rings is 1. The standard InChI is InChI=1S/C7H7FO.C3H7NO2/c1-5-2-3-7(9)6(8)4-5;1-6-3(5)2-4/h2-4,9H,1H3;2,4H2,1H3. The lowest BCUT2D eigenvalue weighted by Gasteiger charge is -1.93. The lowest BCUT2D eigenvalue weighted by atomic mass is 10.2. The van der Waals surface area contributed by atoms with Crippen LogP contribution in [-0.4, -0.2) is 24.7 Å². The maximum atomic E-state index is 12.3. The van der Waals surface area contributed by atoms with E-state index in [4.69, 9.17) is 10.8 Å². The second-order valence-electron chi connectivity index (χ2n) is 2.74. The highest BCUT2D eigenvalue weighted by Crippen LogP contribution is 2.14. The van der Waals surface area contributed by atoms with Gasteiger partial charge < -0.3 is 15.6 Å². The normalized spacial score (nSPS) is 8.80. The molecular formula is C10H14FNO3. The van der Waals surface area contributed by atoms with Crippen LogP contribution >= 0.6 is 0 Å². The van der Waals surface area contributed by atoms with Gasteiger partial charge in [0.15, 0.2) is 11.6 Å². The van der Waals surface area contributed by atoms with E-state index in [1.165, 1.54) is 19.2 Å². The highest BCUT2D eigenvalue weighted by atomic mass is 19.1. The molecule has 0 heterocycles. The van der Waals surface area contributed by atoms with Crippen LogP contribution in [0, 0.1) is 12.7 Å². The molecule has 0 aliphatic heterocycles. The van der Waals surface area contributed by atoms with Gasteiger partial charge in [-0.05, 0) is 24.6 Å². The van der Waals surface area contributed by atoms with Crippen LogP contribution in [0.15, 0.2) is 18.2 Å². The summed E-state index contributed by atoms with van der Waals surface area (Å²) < 4.78 is 16.5. The van der Waals surface area contributed by atoms with Gasteiger partial charge in [0.1, 0.15) is 0 Å². The molecule has 0 unspecified atom stereocenters. The summed E-state index contributed by atoms with van der Waals surface area (Å²) in [6, 6.07) is 4.28. The maximum absolute atomic E-state index is 12.3. The molecule has 0 bridgehead atoms. The number of aryl methyl sites for hydroxylation is 1. The molecule has 1 aromatic rings. The average molecular weight is 215 g/mol. The zero-order chi connectivity index (χ0) is 11.8. The molecule has 0 radical (unpaired) electrons. The van der Waals surface area contributed by atoms with Gasteiger partial charge in [-0.15, -0.1) is 0 Å². The Balaban J connectivity index is 0.000000288. The molecule has 15 heavy (non-hydrogen) atoms. The van der Waals surface area contributed by atoms with Gasteiger partial charge in [0, 0.05) is 0 Å². The third-order valence-corrected chi connectivity index (χ3v) is 1.50. The molecule has 0 aliphatic carbocycles. The number of hydrogen-bond acceptors (Lipinski definition) is 4. The first-order chi connectivity index (χ1) is 7.01. The number of aromatic hydroxyl groups is 1. The zero-order valence-electron chi connectivity index (χ0n) is 8.66. The third-order valence-electron chi connectivity index (χ3n) is 1.50. The molecule has 5 heteroatoms. The second kappa shape index (κ2) is 6.78. The molecule has 0 aliphatic rings. The summed E-state index contributed by atoms with van der Waals surface area (Å²) in [5.41, 5.74) is 5.62. The number of phenolic OH excluding ortho intramolecular Hbond substituents is 1. The van der Waals surface area contributed by atoms with Crippen LogP contribution in [0.4, 0.5) is 4.39 Å². The van der Waals surface area contributed by atoms with Gasteiger partial charge in [-0.2, -0.15) is 0 Å². The summed E-state index contributed by atoms with van der Waals surface area (Å²) in [5, 5.41) is 8.67. The van der Waals surface area contributed by atoms with Crippen LogP contribution in [0.25, 0.3) is 0 Å². The summed E-state index contributed by atoms with van der Waals surface area (Å²) in [7, 11) is 1.30. The van der Waals surface area contributed by atoms with Crippen LogP contribution in [-0.2, 0) is 9.53 Å². The Morgan fingerprint density at radius 3 is 2.47 bits per heavy atom. The molecule has 0 aromatic heterocycles. The van der Waals surface area contributed by atoms with Gasteiger partial charge in [0.2, 0.25) is 0 Å². The minimum Gasteiger partial charge on any atom is -0.505 e. The average Bonchev–Trinajstić information content (AvgIpc) is 2.23. The number of carbonyl (C=O) groups excluding carboxylic acids is 1. The molecule has 0 fully saturated rings. The Morgan fingerprint density at radius 1 is 1.60 bits per heavy atom. The number of halogens is 1. The number of rotatable bonds is 1. The van der Waals surface area contributed by atoms with E-state index in [0.717, 1.165) is 5.56 Å². The van der Waals surface area contributed by atoms with E-state index < -0.39 is 5.82 Å². The maximum Gasteiger partial charge on any atom is 0.319 e. The van der Waals surface area contributed by atoms with Crippen molar-refractivity contribution >= 4 is 5.97 Å². The van der Waals surface area contributed by atoms with Crippen molar-refractivity contribution in [3.05, 3.63) is 29.6 Å². The molecule has 84 valence electrons. The Hall–Kier alpha value is -1.62. The molecule has 0 atom stereocenters. The van der Waals surface area contributed by atoms with E-state index in [1.54, 1.807) is 13.0 Å². The topological polar surface area (TPSA) is 72.5 Å². The number of phenols is 1. The van der Waals surface area contributed by atoms with E-state index in [2.05, 4.69) is 4.74 Å². The van der Waals surface area contributed by atoms with Crippen molar-refractivity contribution in [2.45, 2.75) is 6.92 Å². The number of carbonyl (C=O) groups is 1. The van der Waals surface area contributed by atoms with Crippen molar-refractivity contribution in [2.24, 2.45) is 5.73 Å². The predicted octanol–water partition coefficient (Wildman–Crippen LogP) is 0.958. The van der Waals surface area contributed by atoms with E-state index in [0.29, 0.717) is 0 Å². The summed E-state index contributed by atoms with van der Waals surface area (Å²) in [6.07, 6.45) is 0. The number of nitrogens with two attached hydrogens (primary N) is 1. The first-order valence-electron chi connectivity index (χ1n) is 4.23. The summed E-state index contributed by atoms with van der Waals surface area (Å²) in [4.78, 5) is 9.83. The number of hydrogen-bond donors (Lipinski definition) is 2. The quantitative estimate of drug-likeness (QED) is 0.684. The minimum atomic E-state index is -0.560. The zero-order valence-corrected chi connectivity index (χ0v) is 8.66. The lowest BCUT2D eigenvalue weighted by molar-refractivity contribution is -0.138. The lowest BCUT2D eigenvalue weighted by Crippen LogP contribution is -2.14. The highest BCUT2D eigenvalue weighted by Gasteiger charge is 1.96. The molecular weight excluding hydrogens is 201 g/mol. The molecule has 0 amide bonds. The summed E-state index contributed by atoms with van der Waals surface area (Å²) in [5.74, 6) is -1.23. The van der Waals surface area contributed by atoms with Crippen LogP contribution in [0.3, 0.4) is 0 Å². The van der Waals surface area contributed by atoms with Crippen molar-refractivity contribution in [1.82, 2.24) is 0 Å². The minimum absolute atomic E-state index is 0.0312. The molecule has 0 spiro atoms. The van der Waals surface area contributed by atoms with Crippen molar-refractivity contribution in [3.63, 3.8) is 0 Å². The molecule has 0 saturated carbocycles. The van der Waals surface area contributed by atoms with Crippen molar-refractivity contribution in [1.29, 1.82) is 0 Å². The first-order valence-corrected chi connectivity index (χ1v) is 4.23. The second-order valence-corrected chi connectivity index (χ2v) is 2.74. The fraction of sp³-hybridized carbons (Fsp3) is 0.300.